The van der Waals surface area contributed by atoms with E-state index in [-0.39, 0.29) is 0 Å². The lowest BCUT2D eigenvalue weighted by Crippen LogP contribution is -2.20. The molecule has 0 spiro atoms. The molecule has 1 heteroatoms. The van der Waals surface area contributed by atoms with E-state index in [4.69, 9.17) is 4.74 Å². The van der Waals surface area contributed by atoms with Gasteiger partial charge in [-0.15, -0.1) is 0 Å². The van der Waals surface area contributed by atoms with E-state index >= 15 is 0 Å². The number of rotatable bonds is 8. The van der Waals surface area contributed by atoms with Gasteiger partial charge < -0.3 is 4.74 Å². The molecule has 1 aliphatic rings. The van der Waals surface area contributed by atoms with Crippen molar-refractivity contribution in [1.29, 1.82) is 0 Å². The molecule has 0 amide bonds. The van der Waals surface area contributed by atoms with Crippen LogP contribution in [-0.4, -0.2) is 6.61 Å². The maximum atomic E-state index is 6.07. The Morgan fingerprint density at radius 3 is 1.93 bits per heavy atom. The second-order valence-electron chi connectivity index (χ2n) is 8.52. The fourth-order valence-corrected chi connectivity index (χ4v) is 4.19. The highest BCUT2D eigenvalue weighted by atomic mass is 16.5. The van der Waals surface area contributed by atoms with Crippen LogP contribution in [0.4, 0.5) is 0 Å². The molecule has 29 heavy (non-hydrogen) atoms. The number of ether oxygens (including phenoxy) is 1. The summed E-state index contributed by atoms with van der Waals surface area (Å²) in [5, 5.41) is 0. The molecule has 0 aromatic heterocycles. The highest BCUT2D eigenvalue weighted by molar-refractivity contribution is 5.44. The fraction of sp³-hybridized carbons (Fsp3) is 0.500. The molecule has 0 saturated heterocycles. The van der Waals surface area contributed by atoms with Crippen molar-refractivity contribution in [2.45, 2.75) is 71.6 Å². The zero-order valence-electron chi connectivity index (χ0n) is 18.3. The molecular weight excluding hydrogens is 352 g/mol. The quantitative estimate of drug-likeness (QED) is 0.338. The van der Waals surface area contributed by atoms with Crippen LogP contribution in [0.3, 0.4) is 0 Å². The van der Waals surface area contributed by atoms with Crippen LogP contribution in [0.2, 0.25) is 0 Å². The van der Waals surface area contributed by atoms with E-state index in [9.17, 15) is 0 Å². The minimum Gasteiger partial charge on any atom is -0.493 e. The van der Waals surface area contributed by atoms with Gasteiger partial charge in [0.2, 0.25) is 0 Å². The first-order valence-electron chi connectivity index (χ1n) is 11.6. The third kappa shape index (κ3) is 7.28. The molecule has 0 bridgehead atoms. The van der Waals surface area contributed by atoms with Gasteiger partial charge in [-0.2, -0.15) is 0 Å². The van der Waals surface area contributed by atoms with Crippen molar-refractivity contribution in [3.63, 3.8) is 0 Å². The summed E-state index contributed by atoms with van der Waals surface area (Å²) in [7, 11) is 0. The first kappa shape index (κ1) is 21.5. The number of hydrogen-bond donors (Lipinski definition) is 0. The predicted octanol–water partition coefficient (Wildman–Crippen LogP) is 7.41. The molecule has 2 aromatic rings. The van der Waals surface area contributed by atoms with Crippen molar-refractivity contribution >= 4 is 0 Å². The SMILES string of the molecule is CCCCCC1CCC(COc2ccc(C#Cc3ccc(CC)cc3)cc2)CC1. The first-order valence-corrected chi connectivity index (χ1v) is 11.6. The van der Waals surface area contributed by atoms with Gasteiger partial charge in [-0.1, -0.05) is 76.3 Å². The number of aryl methyl sites for hydroxylation is 1. The first-order chi connectivity index (χ1) is 14.3. The van der Waals surface area contributed by atoms with E-state index in [1.54, 1.807) is 0 Å². The average molecular weight is 389 g/mol. The van der Waals surface area contributed by atoms with E-state index in [2.05, 4.69) is 74.2 Å². The van der Waals surface area contributed by atoms with Crippen LogP contribution >= 0.6 is 0 Å². The van der Waals surface area contributed by atoms with Gasteiger partial charge in [-0.05, 0) is 73.1 Å². The molecule has 3 rings (SSSR count). The summed E-state index contributed by atoms with van der Waals surface area (Å²) in [5.41, 5.74) is 3.44. The van der Waals surface area contributed by atoms with Crippen molar-refractivity contribution in [2.75, 3.05) is 6.61 Å². The maximum absolute atomic E-state index is 6.07. The second-order valence-corrected chi connectivity index (χ2v) is 8.52. The minimum absolute atomic E-state index is 0.725. The summed E-state index contributed by atoms with van der Waals surface area (Å²) in [6, 6.07) is 16.7. The van der Waals surface area contributed by atoms with Crippen LogP contribution < -0.4 is 4.74 Å². The Balaban J connectivity index is 1.41. The van der Waals surface area contributed by atoms with Gasteiger partial charge in [0.1, 0.15) is 5.75 Å². The molecule has 1 aliphatic carbocycles. The van der Waals surface area contributed by atoms with Crippen molar-refractivity contribution in [1.82, 2.24) is 0 Å². The average Bonchev–Trinajstić information content (AvgIpc) is 2.78. The molecule has 0 aliphatic heterocycles. The smallest absolute Gasteiger partial charge is 0.119 e. The molecule has 2 aromatic carbocycles. The third-order valence-corrected chi connectivity index (χ3v) is 6.24. The summed E-state index contributed by atoms with van der Waals surface area (Å²) >= 11 is 0. The van der Waals surface area contributed by atoms with Crippen molar-refractivity contribution < 1.29 is 4.74 Å². The molecule has 1 nitrogen and oxygen atoms in total. The van der Waals surface area contributed by atoms with Crippen LogP contribution in [0, 0.1) is 23.7 Å². The van der Waals surface area contributed by atoms with E-state index in [1.807, 2.05) is 0 Å². The van der Waals surface area contributed by atoms with Gasteiger partial charge >= 0.3 is 0 Å². The Bertz CT molecular complexity index is 768. The predicted molar refractivity (Wildman–Crippen MR) is 123 cm³/mol. The monoisotopic (exact) mass is 388 g/mol. The molecule has 0 unspecified atom stereocenters. The summed E-state index contributed by atoms with van der Waals surface area (Å²) in [4.78, 5) is 0. The largest absolute Gasteiger partial charge is 0.493 e. The summed E-state index contributed by atoms with van der Waals surface area (Å²) in [6.45, 7) is 5.32. The van der Waals surface area contributed by atoms with E-state index < -0.39 is 0 Å². The Morgan fingerprint density at radius 2 is 1.34 bits per heavy atom. The molecule has 1 fully saturated rings. The van der Waals surface area contributed by atoms with Gasteiger partial charge in [0, 0.05) is 11.1 Å². The lowest BCUT2D eigenvalue weighted by Gasteiger charge is -2.28. The van der Waals surface area contributed by atoms with Crippen LogP contribution in [0.15, 0.2) is 48.5 Å². The van der Waals surface area contributed by atoms with Crippen LogP contribution in [-0.2, 0) is 6.42 Å². The minimum atomic E-state index is 0.725. The summed E-state index contributed by atoms with van der Waals surface area (Å²) < 4.78 is 6.07. The number of unbranched alkanes of at least 4 members (excludes halogenated alkanes) is 2. The highest BCUT2D eigenvalue weighted by Gasteiger charge is 2.21. The van der Waals surface area contributed by atoms with Crippen LogP contribution in [0.5, 0.6) is 5.75 Å². The van der Waals surface area contributed by atoms with E-state index in [0.717, 1.165) is 41.7 Å². The van der Waals surface area contributed by atoms with Crippen molar-refractivity contribution in [3.8, 4) is 17.6 Å². The molecule has 154 valence electrons. The van der Waals surface area contributed by atoms with Crippen molar-refractivity contribution in [3.05, 3.63) is 65.2 Å². The molecule has 0 radical (unpaired) electrons. The fourth-order valence-electron chi connectivity index (χ4n) is 4.19. The molecule has 0 atom stereocenters. The maximum Gasteiger partial charge on any atom is 0.119 e. The van der Waals surface area contributed by atoms with Gasteiger partial charge in [-0.25, -0.2) is 0 Å². The van der Waals surface area contributed by atoms with Gasteiger partial charge in [0.05, 0.1) is 6.61 Å². The zero-order chi connectivity index (χ0) is 20.3. The molecule has 1 saturated carbocycles. The Labute approximate surface area is 177 Å². The molecular formula is C28H36O. The van der Waals surface area contributed by atoms with E-state index in [1.165, 1.54) is 56.9 Å². The molecule has 0 heterocycles. The zero-order valence-corrected chi connectivity index (χ0v) is 18.3. The topological polar surface area (TPSA) is 9.23 Å². The van der Waals surface area contributed by atoms with Crippen LogP contribution in [0.1, 0.15) is 81.9 Å². The van der Waals surface area contributed by atoms with Crippen LogP contribution in [0.25, 0.3) is 0 Å². The number of hydrogen-bond acceptors (Lipinski definition) is 1. The van der Waals surface area contributed by atoms with Gasteiger partial charge in [-0.3, -0.25) is 0 Å². The Morgan fingerprint density at radius 1 is 0.759 bits per heavy atom. The van der Waals surface area contributed by atoms with Gasteiger partial charge in [0.15, 0.2) is 0 Å². The normalized spacial score (nSPS) is 18.7. The highest BCUT2D eigenvalue weighted by Crippen LogP contribution is 2.32. The van der Waals surface area contributed by atoms with E-state index in [0.29, 0.717) is 0 Å². The Hall–Kier alpha value is -2.20. The van der Waals surface area contributed by atoms with Crippen molar-refractivity contribution in [2.24, 2.45) is 11.8 Å². The standard InChI is InChI=1S/C28H36O/c1-3-5-6-7-24-14-16-27(17-15-24)22-29-28-20-18-26(19-21-28)13-12-25-10-8-23(4-2)9-11-25/h8-11,18-21,24,27H,3-7,14-17,22H2,1-2H3. The lowest BCUT2D eigenvalue weighted by atomic mass is 9.80. The van der Waals surface area contributed by atoms with Gasteiger partial charge in [0.25, 0.3) is 0 Å². The second kappa shape index (κ2) is 11.7. The lowest BCUT2D eigenvalue weighted by molar-refractivity contribution is 0.177. The third-order valence-electron chi connectivity index (χ3n) is 6.24. The summed E-state index contributed by atoms with van der Waals surface area (Å²) in [6.07, 6.45) is 12.1. The summed E-state index contributed by atoms with van der Waals surface area (Å²) in [5.74, 6) is 9.16. The molecule has 0 N–H and O–H groups in total. The Kier molecular flexibility index (Phi) is 8.69. The number of benzene rings is 2.